The van der Waals surface area contributed by atoms with Gasteiger partial charge in [0.05, 0.1) is 13.2 Å². The van der Waals surface area contributed by atoms with Crippen LogP contribution in [0.3, 0.4) is 0 Å². The van der Waals surface area contributed by atoms with Crippen LogP contribution < -0.4 is 15.5 Å². The normalized spacial score (nSPS) is 11.9. The zero-order valence-electron chi connectivity index (χ0n) is 17.3. The number of rotatable bonds is 6. The van der Waals surface area contributed by atoms with Gasteiger partial charge in [0.2, 0.25) is 5.43 Å². The summed E-state index contributed by atoms with van der Waals surface area (Å²) < 4.78 is 20.7. The first-order chi connectivity index (χ1) is 14.3. The number of aromatic nitrogens is 2. The molecule has 0 aliphatic heterocycles. The molecule has 0 bridgehead atoms. The Labute approximate surface area is 174 Å². The van der Waals surface area contributed by atoms with Gasteiger partial charge < -0.3 is 10.1 Å². The summed E-state index contributed by atoms with van der Waals surface area (Å²) in [6.07, 6.45) is 0. The Hall–Kier alpha value is -3.48. The van der Waals surface area contributed by atoms with Crippen molar-refractivity contribution in [2.24, 2.45) is 5.92 Å². The Morgan fingerprint density at radius 3 is 2.40 bits per heavy atom. The first-order valence-electron chi connectivity index (χ1n) is 9.62. The number of carbonyl (C=O) groups is 1. The highest BCUT2D eigenvalue weighted by Crippen LogP contribution is 2.24. The summed E-state index contributed by atoms with van der Waals surface area (Å²) in [4.78, 5) is 25.4. The molecule has 1 heterocycles. The van der Waals surface area contributed by atoms with Gasteiger partial charge in [0.25, 0.3) is 5.91 Å². The van der Waals surface area contributed by atoms with Gasteiger partial charge in [0, 0.05) is 11.8 Å². The van der Waals surface area contributed by atoms with Crippen LogP contribution >= 0.6 is 0 Å². The van der Waals surface area contributed by atoms with Gasteiger partial charge >= 0.3 is 0 Å². The number of halogens is 1. The third-order valence-corrected chi connectivity index (χ3v) is 4.83. The molecule has 0 saturated heterocycles. The molecule has 3 rings (SSSR count). The molecule has 156 valence electrons. The summed E-state index contributed by atoms with van der Waals surface area (Å²) >= 11 is 0. The van der Waals surface area contributed by atoms with E-state index in [4.69, 9.17) is 4.74 Å². The van der Waals surface area contributed by atoms with Crippen LogP contribution in [0.5, 0.6) is 5.75 Å². The number of methoxy groups -OCH3 is 1. The largest absolute Gasteiger partial charge is 0.497 e. The first kappa shape index (κ1) is 21.2. The lowest BCUT2D eigenvalue weighted by molar-refractivity contribution is 0.0917. The lowest BCUT2D eigenvalue weighted by Crippen LogP contribution is -2.36. The second kappa shape index (κ2) is 8.90. The van der Waals surface area contributed by atoms with Crippen LogP contribution in [0.4, 0.5) is 4.39 Å². The fourth-order valence-corrected chi connectivity index (χ4v) is 3.23. The molecule has 0 spiro atoms. The molecule has 0 aliphatic carbocycles. The van der Waals surface area contributed by atoms with Crippen LogP contribution in [-0.2, 0) is 0 Å². The van der Waals surface area contributed by atoms with Crippen molar-refractivity contribution >= 4 is 5.91 Å². The van der Waals surface area contributed by atoms with Crippen LogP contribution in [0.15, 0.2) is 59.4 Å². The van der Waals surface area contributed by atoms with Crippen LogP contribution in [-0.4, -0.2) is 22.8 Å². The van der Waals surface area contributed by atoms with Gasteiger partial charge in [-0.25, -0.2) is 9.07 Å². The van der Waals surface area contributed by atoms with Crippen molar-refractivity contribution in [1.82, 2.24) is 15.1 Å². The molecule has 0 saturated carbocycles. The molecule has 1 amide bonds. The summed E-state index contributed by atoms with van der Waals surface area (Å²) in [6, 6.07) is 14.4. The fourth-order valence-electron chi connectivity index (χ4n) is 3.23. The van der Waals surface area contributed by atoms with E-state index in [2.05, 4.69) is 10.4 Å². The van der Waals surface area contributed by atoms with E-state index in [9.17, 15) is 14.0 Å². The first-order valence-corrected chi connectivity index (χ1v) is 9.62. The van der Waals surface area contributed by atoms with E-state index in [1.54, 1.807) is 26.2 Å². The molecule has 2 aromatic carbocycles. The topological polar surface area (TPSA) is 73.2 Å². The maximum absolute atomic E-state index is 14.2. The fraction of sp³-hybridized carbons (Fsp3) is 0.261. The Morgan fingerprint density at radius 2 is 1.80 bits per heavy atom. The quantitative estimate of drug-likeness (QED) is 0.672. The van der Waals surface area contributed by atoms with E-state index in [0.717, 1.165) is 5.56 Å². The number of ether oxygens (including phenoxy) is 1. The molecule has 1 unspecified atom stereocenters. The molecule has 30 heavy (non-hydrogen) atoms. The van der Waals surface area contributed by atoms with Gasteiger partial charge in [0.1, 0.15) is 17.3 Å². The van der Waals surface area contributed by atoms with E-state index in [0.29, 0.717) is 11.4 Å². The number of nitrogens with zero attached hydrogens (tertiary/aromatic N) is 2. The average molecular weight is 409 g/mol. The van der Waals surface area contributed by atoms with E-state index in [-0.39, 0.29) is 23.3 Å². The highest BCUT2D eigenvalue weighted by Gasteiger charge is 2.23. The van der Waals surface area contributed by atoms with Gasteiger partial charge in [-0.3, -0.25) is 9.59 Å². The van der Waals surface area contributed by atoms with Crippen molar-refractivity contribution in [3.05, 3.63) is 87.6 Å². The number of hydrogen-bond donors (Lipinski definition) is 1. The molecule has 1 N–H and O–H groups in total. The molecule has 7 heteroatoms. The minimum Gasteiger partial charge on any atom is -0.497 e. The van der Waals surface area contributed by atoms with E-state index in [1.165, 1.54) is 22.9 Å². The predicted molar refractivity (Wildman–Crippen MR) is 113 cm³/mol. The second-order valence-electron chi connectivity index (χ2n) is 7.33. The molecule has 0 aliphatic rings. The van der Waals surface area contributed by atoms with E-state index < -0.39 is 17.2 Å². The van der Waals surface area contributed by atoms with Crippen molar-refractivity contribution in [2.45, 2.75) is 26.8 Å². The minimum absolute atomic E-state index is 0.0570. The summed E-state index contributed by atoms with van der Waals surface area (Å²) in [6.45, 7) is 5.57. The van der Waals surface area contributed by atoms with Crippen molar-refractivity contribution in [3.8, 4) is 11.4 Å². The third kappa shape index (κ3) is 4.40. The lowest BCUT2D eigenvalue weighted by Gasteiger charge is -2.23. The summed E-state index contributed by atoms with van der Waals surface area (Å²) in [5, 5.41) is 7.06. The molecule has 0 fully saturated rings. The summed E-state index contributed by atoms with van der Waals surface area (Å²) in [7, 11) is 1.58. The van der Waals surface area contributed by atoms with Gasteiger partial charge in [0.15, 0.2) is 5.69 Å². The zero-order chi connectivity index (χ0) is 21.8. The van der Waals surface area contributed by atoms with Gasteiger partial charge in [-0.2, -0.15) is 5.10 Å². The number of para-hydroxylation sites is 1. The second-order valence-corrected chi connectivity index (χ2v) is 7.33. The monoisotopic (exact) mass is 409 g/mol. The summed E-state index contributed by atoms with van der Waals surface area (Å²) in [5.41, 5.74) is 0.662. The van der Waals surface area contributed by atoms with Crippen LogP contribution in [0.1, 0.15) is 41.6 Å². The molecule has 0 radical (unpaired) electrons. The smallest absolute Gasteiger partial charge is 0.276 e. The van der Waals surface area contributed by atoms with Crippen molar-refractivity contribution in [2.75, 3.05) is 7.11 Å². The Balaban J connectivity index is 1.96. The lowest BCUT2D eigenvalue weighted by atomic mass is 9.95. The number of nitrogens with one attached hydrogen (secondary N) is 1. The minimum atomic E-state index is -0.611. The van der Waals surface area contributed by atoms with Crippen LogP contribution in [0, 0.1) is 18.7 Å². The SMILES string of the molecule is COc1ccc(C(NC(=O)c2nn(-c3ccccc3F)c(C)cc2=O)C(C)C)cc1. The van der Waals surface area contributed by atoms with Gasteiger partial charge in [-0.05, 0) is 42.7 Å². The van der Waals surface area contributed by atoms with Gasteiger partial charge in [-0.15, -0.1) is 0 Å². The van der Waals surface area contributed by atoms with Crippen molar-refractivity contribution in [3.63, 3.8) is 0 Å². The average Bonchev–Trinajstić information content (AvgIpc) is 2.72. The molecule has 3 aromatic rings. The number of aryl methyl sites for hydroxylation is 1. The summed E-state index contributed by atoms with van der Waals surface area (Å²) in [5.74, 6) is -0.344. The maximum atomic E-state index is 14.2. The molecular weight excluding hydrogens is 385 g/mol. The predicted octanol–water partition coefficient (Wildman–Crippen LogP) is 3.82. The molecular formula is C23H24FN3O3. The number of amides is 1. The standard InChI is InChI=1S/C23H24FN3O3/c1-14(2)21(16-9-11-17(30-4)12-10-16)25-23(29)22-20(28)13-15(3)27(26-22)19-8-6-5-7-18(19)24/h5-14,21H,1-4H3,(H,25,29). The van der Waals surface area contributed by atoms with Crippen molar-refractivity contribution in [1.29, 1.82) is 0 Å². The van der Waals surface area contributed by atoms with Crippen LogP contribution in [0.25, 0.3) is 5.69 Å². The molecule has 1 aromatic heterocycles. The Morgan fingerprint density at radius 1 is 1.13 bits per heavy atom. The maximum Gasteiger partial charge on any atom is 0.276 e. The zero-order valence-corrected chi connectivity index (χ0v) is 17.3. The number of hydrogen-bond acceptors (Lipinski definition) is 4. The molecule has 1 atom stereocenters. The molecule has 6 nitrogen and oxygen atoms in total. The Bertz CT molecular complexity index is 1110. The van der Waals surface area contributed by atoms with E-state index >= 15 is 0 Å². The van der Waals surface area contributed by atoms with Crippen LogP contribution in [0.2, 0.25) is 0 Å². The number of benzene rings is 2. The third-order valence-electron chi connectivity index (χ3n) is 4.83. The highest BCUT2D eigenvalue weighted by molar-refractivity contribution is 5.92. The Kier molecular flexibility index (Phi) is 6.30. The van der Waals surface area contributed by atoms with Crippen molar-refractivity contribution < 1.29 is 13.9 Å². The van der Waals surface area contributed by atoms with Gasteiger partial charge in [-0.1, -0.05) is 38.1 Å². The highest BCUT2D eigenvalue weighted by atomic mass is 19.1. The van der Waals surface area contributed by atoms with E-state index in [1.807, 2.05) is 38.1 Å². The number of carbonyl (C=O) groups excluding carboxylic acids is 1.